The monoisotopic (exact) mass is 258 g/mol. The van der Waals surface area contributed by atoms with Crippen LogP contribution in [0, 0.1) is 10.1 Å². The Morgan fingerprint density at radius 3 is 2.29 bits per heavy atom. The zero-order valence-corrected chi connectivity index (χ0v) is 9.72. The van der Waals surface area contributed by atoms with E-state index in [1.165, 1.54) is 24.3 Å². The van der Waals surface area contributed by atoms with E-state index in [2.05, 4.69) is 5.16 Å². The highest BCUT2D eigenvalue weighted by Crippen LogP contribution is 2.13. The van der Waals surface area contributed by atoms with Crippen LogP contribution >= 0.6 is 0 Å². The fourth-order valence-corrected chi connectivity index (χ4v) is 1.91. The topological polar surface area (TPSA) is 110 Å². The third kappa shape index (κ3) is 3.83. The molecular weight excluding hydrogens is 248 g/mol. The molecule has 0 saturated carbocycles. The van der Waals surface area contributed by atoms with E-state index in [-0.39, 0.29) is 11.4 Å². The second-order valence-electron chi connectivity index (χ2n) is 3.42. The summed E-state index contributed by atoms with van der Waals surface area (Å²) in [5.74, 6) is -0.429. The van der Waals surface area contributed by atoms with E-state index in [1.54, 1.807) is 0 Å². The van der Waals surface area contributed by atoms with Gasteiger partial charge in [-0.1, -0.05) is 5.16 Å². The van der Waals surface area contributed by atoms with Gasteiger partial charge in [0.15, 0.2) is 9.84 Å². The maximum atomic E-state index is 11.0. The minimum absolute atomic E-state index is 0.0533. The molecule has 0 atom stereocenters. The van der Waals surface area contributed by atoms with Crippen molar-refractivity contribution in [1.29, 1.82) is 0 Å². The molecule has 0 fully saturated rings. The van der Waals surface area contributed by atoms with Gasteiger partial charge >= 0.3 is 0 Å². The van der Waals surface area contributed by atoms with E-state index in [4.69, 9.17) is 5.21 Å². The number of nitrogens with zero attached hydrogens (tertiary/aromatic N) is 2. The quantitative estimate of drug-likeness (QED) is 0.372. The van der Waals surface area contributed by atoms with Crippen LogP contribution in [0.2, 0.25) is 0 Å². The molecule has 7 nitrogen and oxygen atoms in total. The number of hydrogen-bond acceptors (Lipinski definition) is 6. The summed E-state index contributed by atoms with van der Waals surface area (Å²) >= 11 is 0. The van der Waals surface area contributed by atoms with Gasteiger partial charge in [-0.15, -0.1) is 0 Å². The first-order chi connectivity index (χ1) is 7.83. The maximum absolute atomic E-state index is 11.0. The molecule has 0 unspecified atom stereocenters. The molecule has 1 aromatic rings. The van der Waals surface area contributed by atoms with Crippen molar-refractivity contribution >= 4 is 21.2 Å². The van der Waals surface area contributed by atoms with Gasteiger partial charge in [-0.2, -0.15) is 0 Å². The fraction of sp³-hybridized carbons (Fsp3) is 0.222. The first-order valence-corrected chi connectivity index (χ1v) is 6.53. The first-order valence-electron chi connectivity index (χ1n) is 4.47. The minimum atomic E-state index is -3.33. The van der Waals surface area contributed by atoms with Crippen molar-refractivity contribution in [3.63, 3.8) is 0 Å². The Kier molecular flexibility index (Phi) is 3.79. The van der Waals surface area contributed by atoms with Crippen LogP contribution in [0.1, 0.15) is 5.56 Å². The van der Waals surface area contributed by atoms with Gasteiger partial charge in [-0.05, 0) is 12.1 Å². The molecule has 0 aromatic heterocycles. The van der Waals surface area contributed by atoms with Crippen LogP contribution in [-0.4, -0.2) is 36.3 Å². The number of sulfone groups is 1. The number of hydrogen-bond donors (Lipinski definition) is 1. The Morgan fingerprint density at radius 1 is 1.41 bits per heavy atom. The SMILES string of the molecule is CS(=O)(=O)CC(=NO)c1ccc([N+](=O)[O-])cc1. The molecule has 0 amide bonds. The van der Waals surface area contributed by atoms with Crippen molar-refractivity contribution in [2.45, 2.75) is 0 Å². The highest BCUT2D eigenvalue weighted by molar-refractivity contribution is 7.91. The van der Waals surface area contributed by atoms with E-state index in [9.17, 15) is 18.5 Å². The number of oxime groups is 1. The van der Waals surface area contributed by atoms with Gasteiger partial charge in [0.25, 0.3) is 5.69 Å². The highest BCUT2D eigenvalue weighted by Gasteiger charge is 2.13. The largest absolute Gasteiger partial charge is 0.411 e. The number of nitro benzene ring substituents is 1. The van der Waals surface area contributed by atoms with Gasteiger partial charge in [0.2, 0.25) is 0 Å². The van der Waals surface area contributed by atoms with Crippen LogP contribution in [0.3, 0.4) is 0 Å². The van der Waals surface area contributed by atoms with E-state index >= 15 is 0 Å². The average Bonchev–Trinajstić information content (AvgIpc) is 2.25. The summed E-state index contributed by atoms with van der Waals surface area (Å²) in [6, 6.07) is 5.09. The van der Waals surface area contributed by atoms with Gasteiger partial charge in [0, 0.05) is 24.0 Å². The van der Waals surface area contributed by atoms with E-state index < -0.39 is 20.5 Å². The Morgan fingerprint density at radius 2 is 1.94 bits per heavy atom. The number of non-ortho nitro benzene ring substituents is 1. The van der Waals surface area contributed by atoms with Crippen molar-refractivity contribution < 1.29 is 18.5 Å². The molecular formula is C9H10N2O5S. The normalized spacial score (nSPS) is 12.4. The number of benzene rings is 1. The lowest BCUT2D eigenvalue weighted by molar-refractivity contribution is -0.384. The van der Waals surface area contributed by atoms with Gasteiger partial charge < -0.3 is 5.21 Å². The summed E-state index contributed by atoms with van der Waals surface area (Å²) in [7, 11) is -3.33. The average molecular weight is 258 g/mol. The lowest BCUT2D eigenvalue weighted by atomic mass is 10.1. The molecule has 0 radical (unpaired) electrons. The van der Waals surface area contributed by atoms with Gasteiger partial charge in [0.05, 0.1) is 10.7 Å². The predicted molar refractivity (Wildman–Crippen MR) is 61.1 cm³/mol. The zero-order valence-electron chi connectivity index (χ0n) is 8.90. The Hall–Kier alpha value is -1.96. The van der Waals surface area contributed by atoms with Crippen molar-refractivity contribution in [1.82, 2.24) is 0 Å². The fourth-order valence-electron chi connectivity index (χ4n) is 1.19. The molecule has 0 aliphatic rings. The molecule has 1 N–H and O–H groups in total. The van der Waals surface area contributed by atoms with E-state index in [0.29, 0.717) is 5.56 Å². The second kappa shape index (κ2) is 4.91. The van der Waals surface area contributed by atoms with Crippen molar-refractivity contribution in [2.75, 3.05) is 12.0 Å². The molecule has 0 bridgehead atoms. The summed E-state index contributed by atoms with van der Waals surface area (Å²) in [5, 5.41) is 22.0. The summed E-state index contributed by atoms with van der Waals surface area (Å²) in [5.41, 5.74) is 0.149. The summed E-state index contributed by atoms with van der Waals surface area (Å²) in [6.45, 7) is 0. The van der Waals surface area contributed by atoms with Gasteiger partial charge in [-0.25, -0.2) is 8.42 Å². The van der Waals surface area contributed by atoms with Crippen LogP contribution in [-0.2, 0) is 9.84 Å². The third-order valence-corrected chi connectivity index (χ3v) is 2.73. The Balaban J connectivity index is 3.03. The molecule has 1 aromatic carbocycles. The minimum Gasteiger partial charge on any atom is -0.411 e. The standard InChI is InChI=1S/C9H10N2O5S/c1-17(15,16)6-9(10-12)7-2-4-8(5-3-7)11(13)14/h2-5,12H,6H2,1H3. The molecule has 92 valence electrons. The highest BCUT2D eigenvalue weighted by atomic mass is 32.2. The lowest BCUT2D eigenvalue weighted by Crippen LogP contribution is -2.15. The van der Waals surface area contributed by atoms with E-state index in [1.807, 2.05) is 0 Å². The Bertz CT molecular complexity index is 547. The lowest BCUT2D eigenvalue weighted by Gasteiger charge is -2.02. The van der Waals surface area contributed by atoms with Gasteiger partial charge in [0.1, 0.15) is 5.71 Å². The molecule has 8 heteroatoms. The number of rotatable bonds is 4. The summed E-state index contributed by atoms with van der Waals surface area (Å²) in [4.78, 5) is 9.84. The van der Waals surface area contributed by atoms with Crippen LogP contribution in [0.5, 0.6) is 0 Å². The second-order valence-corrected chi connectivity index (χ2v) is 5.56. The van der Waals surface area contributed by atoms with Crippen molar-refractivity contribution in [2.24, 2.45) is 5.16 Å². The number of nitro groups is 1. The molecule has 0 saturated heterocycles. The first kappa shape index (κ1) is 13.1. The Labute approximate surface area is 97.4 Å². The zero-order chi connectivity index (χ0) is 13.1. The smallest absolute Gasteiger partial charge is 0.269 e. The summed E-state index contributed by atoms with van der Waals surface area (Å²) in [6.07, 6.45) is 1.00. The molecule has 0 aliphatic carbocycles. The molecule has 0 spiro atoms. The van der Waals surface area contributed by atoms with Crippen LogP contribution in [0.25, 0.3) is 0 Å². The molecule has 17 heavy (non-hydrogen) atoms. The molecule has 0 aliphatic heterocycles. The van der Waals surface area contributed by atoms with Crippen LogP contribution in [0.15, 0.2) is 29.4 Å². The van der Waals surface area contributed by atoms with Crippen LogP contribution in [0.4, 0.5) is 5.69 Å². The van der Waals surface area contributed by atoms with Crippen molar-refractivity contribution in [3.8, 4) is 0 Å². The van der Waals surface area contributed by atoms with Crippen molar-refractivity contribution in [3.05, 3.63) is 39.9 Å². The van der Waals surface area contributed by atoms with Crippen LogP contribution < -0.4 is 0 Å². The maximum Gasteiger partial charge on any atom is 0.269 e. The predicted octanol–water partition coefficient (Wildman–Crippen LogP) is 0.818. The summed E-state index contributed by atoms with van der Waals surface area (Å²) < 4.78 is 22.1. The van der Waals surface area contributed by atoms with E-state index in [0.717, 1.165) is 6.26 Å². The molecule has 1 rings (SSSR count). The third-order valence-electron chi connectivity index (χ3n) is 1.93. The van der Waals surface area contributed by atoms with Gasteiger partial charge in [-0.3, -0.25) is 10.1 Å². The molecule has 0 heterocycles.